The van der Waals surface area contributed by atoms with Gasteiger partial charge in [-0.15, -0.1) is 5.10 Å². The van der Waals surface area contributed by atoms with E-state index < -0.39 is 11.7 Å². The minimum Gasteiger partial charge on any atom is -0.444 e. The summed E-state index contributed by atoms with van der Waals surface area (Å²) in [5.41, 5.74) is 1.12. The molecule has 0 spiro atoms. The summed E-state index contributed by atoms with van der Waals surface area (Å²) >= 11 is 0. The minimum absolute atomic E-state index is 0.469. The fourth-order valence-corrected chi connectivity index (χ4v) is 1.69. The van der Waals surface area contributed by atoms with E-state index in [1.807, 2.05) is 45.0 Å². The van der Waals surface area contributed by atoms with Gasteiger partial charge in [0.2, 0.25) is 0 Å². The molecule has 1 amide bonds. The Bertz CT molecular complexity index is 573. The first-order valence-corrected chi connectivity index (χ1v) is 6.36. The number of rotatable bonds is 3. The molecule has 2 rings (SSSR count). The molecule has 0 atom stereocenters. The van der Waals surface area contributed by atoms with Crippen LogP contribution in [0.4, 0.5) is 10.5 Å². The zero-order chi connectivity index (χ0) is 14.6. The largest absolute Gasteiger partial charge is 0.444 e. The first-order chi connectivity index (χ1) is 9.44. The van der Waals surface area contributed by atoms with Gasteiger partial charge in [0.05, 0.1) is 12.7 Å². The van der Waals surface area contributed by atoms with Crippen LogP contribution in [0.3, 0.4) is 0 Å². The van der Waals surface area contributed by atoms with E-state index >= 15 is 0 Å². The normalized spacial score (nSPS) is 11.2. The zero-order valence-electron chi connectivity index (χ0n) is 11.8. The number of amides is 1. The Morgan fingerprint density at radius 1 is 1.35 bits per heavy atom. The third-order valence-corrected chi connectivity index (χ3v) is 2.46. The maximum atomic E-state index is 11.8. The van der Waals surface area contributed by atoms with Gasteiger partial charge in [-0.05, 0) is 32.4 Å². The summed E-state index contributed by atoms with van der Waals surface area (Å²) in [5, 5.41) is 10.4. The van der Waals surface area contributed by atoms with Gasteiger partial charge in [0.25, 0.3) is 0 Å². The zero-order valence-corrected chi connectivity index (χ0v) is 11.8. The van der Waals surface area contributed by atoms with Crippen molar-refractivity contribution in [2.24, 2.45) is 0 Å². The molecule has 0 saturated heterocycles. The highest BCUT2D eigenvalue weighted by Crippen LogP contribution is 2.17. The molecule has 1 heterocycles. The van der Waals surface area contributed by atoms with E-state index in [0.29, 0.717) is 12.2 Å². The van der Waals surface area contributed by atoms with E-state index in [9.17, 15) is 4.79 Å². The fourth-order valence-electron chi connectivity index (χ4n) is 1.69. The molecule has 1 aromatic heterocycles. The first kappa shape index (κ1) is 14.0. The number of aromatic nitrogens is 3. The van der Waals surface area contributed by atoms with Gasteiger partial charge in [-0.1, -0.05) is 23.4 Å². The number of carbonyl (C=O) groups excluding carboxylic acids is 1. The molecule has 1 N–H and O–H groups in total. The minimum atomic E-state index is -0.523. The van der Waals surface area contributed by atoms with E-state index in [4.69, 9.17) is 4.74 Å². The summed E-state index contributed by atoms with van der Waals surface area (Å²) in [4.78, 5) is 11.8. The lowest BCUT2D eigenvalue weighted by Crippen LogP contribution is -2.27. The first-order valence-electron chi connectivity index (χ1n) is 6.36. The van der Waals surface area contributed by atoms with Crippen molar-refractivity contribution in [3.8, 4) is 0 Å². The van der Waals surface area contributed by atoms with Crippen LogP contribution in [-0.2, 0) is 11.3 Å². The van der Waals surface area contributed by atoms with Gasteiger partial charge in [0, 0.05) is 11.9 Å². The summed E-state index contributed by atoms with van der Waals surface area (Å²) in [6, 6.07) is 7.52. The number of benzene rings is 1. The highest BCUT2D eigenvalue weighted by atomic mass is 16.6. The summed E-state index contributed by atoms with van der Waals surface area (Å²) in [7, 11) is 0. The Balaban J connectivity index is 2.10. The molecule has 2 aromatic rings. The number of ether oxygens (including phenoxy) is 1. The van der Waals surface area contributed by atoms with E-state index in [1.54, 1.807) is 17.1 Å². The molecule has 0 aliphatic heterocycles. The lowest BCUT2D eigenvalue weighted by atomic mass is 10.2. The smallest absolute Gasteiger partial charge is 0.412 e. The van der Waals surface area contributed by atoms with E-state index in [2.05, 4.69) is 15.6 Å². The van der Waals surface area contributed by atoms with Gasteiger partial charge in [0.1, 0.15) is 5.60 Å². The quantitative estimate of drug-likeness (QED) is 0.934. The Hall–Kier alpha value is -2.37. The molecule has 6 nitrogen and oxygen atoms in total. The number of hydrogen-bond acceptors (Lipinski definition) is 4. The number of para-hydroxylation sites is 1. The van der Waals surface area contributed by atoms with Crippen LogP contribution in [0.5, 0.6) is 0 Å². The van der Waals surface area contributed by atoms with E-state index in [-0.39, 0.29) is 0 Å². The van der Waals surface area contributed by atoms with Crippen molar-refractivity contribution in [3.63, 3.8) is 0 Å². The molecule has 0 fully saturated rings. The van der Waals surface area contributed by atoms with Crippen LogP contribution in [0.2, 0.25) is 0 Å². The molecule has 6 heteroatoms. The third kappa shape index (κ3) is 4.08. The molecule has 0 aliphatic rings. The number of nitrogens with zero attached hydrogens (tertiary/aromatic N) is 3. The number of hydrogen-bond donors (Lipinski definition) is 1. The average Bonchev–Trinajstić information content (AvgIpc) is 2.82. The van der Waals surface area contributed by atoms with Crippen molar-refractivity contribution >= 4 is 11.8 Å². The van der Waals surface area contributed by atoms with Gasteiger partial charge in [-0.25, -0.2) is 9.48 Å². The van der Waals surface area contributed by atoms with Gasteiger partial charge < -0.3 is 4.74 Å². The molecule has 1 aromatic carbocycles. The highest BCUT2D eigenvalue weighted by Gasteiger charge is 2.17. The topological polar surface area (TPSA) is 69.0 Å². The lowest BCUT2D eigenvalue weighted by molar-refractivity contribution is 0.0636. The van der Waals surface area contributed by atoms with E-state index in [1.165, 1.54) is 0 Å². The van der Waals surface area contributed by atoms with Crippen LogP contribution in [0.25, 0.3) is 0 Å². The van der Waals surface area contributed by atoms with Crippen molar-refractivity contribution in [3.05, 3.63) is 42.2 Å². The standard InChI is InChI=1S/C14H18N4O2/c1-14(2,3)20-13(19)16-12-7-5-4-6-11(12)10-18-9-8-15-17-18/h4-9H,10H2,1-3H3,(H,16,19). The molecule has 0 unspecified atom stereocenters. The van der Waals surface area contributed by atoms with Crippen molar-refractivity contribution in [2.45, 2.75) is 32.9 Å². The van der Waals surface area contributed by atoms with Crippen LogP contribution in [0.1, 0.15) is 26.3 Å². The predicted octanol–water partition coefficient (Wildman–Crippen LogP) is 2.67. The summed E-state index contributed by atoms with van der Waals surface area (Å²) in [6.45, 7) is 6.02. The van der Waals surface area contributed by atoms with Crippen molar-refractivity contribution in [1.29, 1.82) is 0 Å². The van der Waals surface area contributed by atoms with Crippen LogP contribution >= 0.6 is 0 Å². The highest BCUT2D eigenvalue weighted by molar-refractivity contribution is 5.85. The van der Waals surface area contributed by atoms with E-state index in [0.717, 1.165) is 5.56 Å². The second-order valence-corrected chi connectivity index (χ2v) is 5.38. The van der Waals surface area contributed by atoms with Crippen molar-refractivity contribution in [2.75, 3.05) is 5.32 Å². The second kappa shape index (κ2) is 5.73. The number of nitrogens with one attached hydrogen (secondary N) is 1. The van der Waals surface area contributed by atoms with Gasteiger partial charge in [-0.3, -0.25) is 5.32 Å². The van der Waals surface area contributed by atoms with Gasteiger partial charge in [0.15, 0.2) is 0 Å². The number of carbonyl (C=O) groups is 1. The SMILES string of the molecule is CC(C)(C)OC(=O)Nc1ccccc1Cn1ccnn1. The molecule has 0 radical (unpaired) electrons. The van der Waals surface area contributed by atoms with Gasteiger partial charge in [-0.2, -0.15) is 0 Å². The Labute approximate surface area is 117 Å². The second-order valence-electron chi connectivity index (χ2n) is 5.38. The molecular weight excluding hydrogens is 256 g/mol. The molecular formula is C14H18N4O2. The Kier molecular flexibility index (Phi) is 4.02. The van der Waals surface area contributed by atoms with Crippen molar-refractivity contribution in [1.82, 2.24) is 15.0 Å². The predicted molar refractivity (Wildman–Crippen MR) is 75.4 cm³/mol. The molecule has 106 valence electrons. The summed E-state index contributed by atoms with van der Waals surface area (Å²) in [6.07, 6.45) is 2.91. The van der Waals surface area contributed by atoms with Crippen LogP contribution in [-0.4, -0.2) is 26.7 Å². The Morgan fingerprint density at radius 2 is 2.10 bits per heavy atom. The van der Waals surface area contributed by atoms with Crippen LogP contribution in [0.15, 0.2) is 36.7 Å². The maximum absolute atomic E-state index is 11.8. The fraction of sp³-hybridized carbons (Fsp3) is 0.357. The van der Waals surface area contributed by atoms with Crippen molar-refractivity contribution < 1.29 is 9.53 Å². The maximum Gasteiger partial charge on any atom is 0.412 e. The monoisotopic (exact) mass is 274 g/mol. The molecule has 0 saturated carbocycles. The van der Waals surface area contributed by atoms with Crippen LogP contribution in [0, 0.1) is 0 Å². The van der Waals surface area contributed by atoms with Gasteiger partial charge >= 0.3 is 6.09 Å². The molecule has 0 bridgehead atoms. The Morgan fingerprint density at radius 3 is 2.75 bits per heavy atom. The van der Waals surface area contributed by atoms with Crippen LogP contribution < -0.4 is 5.32 Å². The third-order valence-electron chi connectivity index (χ3n) is 2.46. The molecule has 0 aliphatic carbocycles. The average molecular weight is 274 g/mol. The summed E-state index contributed by atoms with van der Waals surface area (Å²) < 4.78 is 6.94. The lowest BCUT2D eigenvalue weighted by Gasteiger charge is -2.20. The number of anilines is 1. The molecule has 20 heavy (non-hydrogen) atoms. The summed E-state index contributed by atoms with van der Waals surface area (Å²) in [5.74, 6) is 0.